The van der Waals surface area contributed by atoms with Crippen LogP contribution in [0.4, 0.5) is 0 Å². The van der Waals surface area contributed by atoms with Gasteiger partial charge >= 0.3 is 0 Å². The zero-order valence-corrected chi connectivity index (χ0v) is 6.23. The first-order chi connectivity index (χ1) is 4.55. The van der Waals surface area contributed by atoms with Gasteiger partial charge in [-0.3, -0.25) is 0 Å². The molecule has 0 amide bonds. The van der Waals surface area contributed by atoms with E-state index in [0.717, 1.165) is 0 Å². The smallest absolute Gasteiger partial charge is 0.0852 e. The molecule has 10 heavy (non-hydrogen) atoms. The van der Waals surface area contributed by atoms with Crippen molar-refractivity contribution in [2.24, 2.45) is 11.8 Å². The third-order valence-electron chi connectivity index (χ3n) is 2.50. The van der Waals surface area contributed by atoms with Crippen LogP contribution in [0.1, 0.15) is 13.8 Å². The van der Waals surface area contributed by atoms with Crippen molar-refractivity contribution in [3.05, 3.63) is 0 Å². The summed E-state index contributed by atoms with van der Waals surface area (Å²) in [6, 6.07) is 0. The van der Waals surface area contributed by atoms with Crippen molar-refractivity contribution in [1.29, 1.82) is 0 Å². The summed E-state index contributed by atoms with van der Waals surface area (Å²) in [4.78, 5) is 0. The standard InChI is InChI=1S/C7H14O3/c1-3-5(8)4(2)7(10)6(3)9/h3-10H,1-2H3. The van der Waals surface area contributed by atoms with E-state index in [1.807, 2.05) is 0 Å². The first-order valence-electron chi connectivity index (χ1n) is 3.60. The SMILES string of the molecule is CC1C(O)C(C)C(O)C1O. The van der Waals surface area contributed by atoms with E-state index in [9.17, 15) is 15.3 Å². The Morgan fingerprint density at radius 2 is 1.00 bits per heavy atom. The summed E-state index contributed by atoms with van der Waals surface area (Å²) in [5.41, 5.74) is 0. The summed E-state index contributed by atoms with van der Waals surface area (Å²) in [6.07, 6.45) is -2.08. The second-order valence-corrected chi connectivity index (χ2v) is 3.19. The van der Waals surface area contributed by atoms with Crippen molar-refractivity contribution < 1.29 is 15.3 Å². The quantitative estimate of drug-likeness (QED) is 0.426. The lowest BCUT2D eigenvalue weighted by molar-refractivity contribution is 0.00981. The van der Waals surface area contributed by atoms with Gasteiger partial charge in [-0.25, -0.2) is 0 Å². The van der Waals surface area contributed by atoms with E-state index < -0.39 is 18.3 Å². The average Bonchev–Trinajstić information content (AvgIpc) is 2.07. The van der Waals surface area contributed by atoms with Gasteiger partial charge in [-0.1, -0.05) is 13.8 Å². The Bertz CT molecular complexity index is 81.2. The predicted octanol–water partition coefficient (Wildman–Crippen LogP) is -0.645. The zero-order chi connectivity index (χ0) is 7.89. The molecular weight excluding hydrogens is 132 g/mol. The molecule has 1 saturated carbocycles. The lowest BCUT2D eigenvalue weighted by Gasteiger charge is -2.11. The minimum Gasteiger partial charge on any atom is -0.392 e. The van der Waals surface area contributed by atoms with Crippen molar-refractivity contribution in [3.63, 3.8) is 0 Å². The molecule has 4 atom stereocenters. The largest absolute Gasteiger partial charge is 0.392 e. The molecule has 0 saturated heterocycles. The monoisotopic (exact) mass is 146 g/mol. The molecule has 0 aromatic heterocycles. The van der Waals surface area contributed by atoms with Gasteiger partial charge in [0.25, 0.3) is 0 Å². The minimum atomic E-state index is -0.759. The number of rotatable bonds is 0. The number of hydrogen-bond acceptors (Lipinski definition) is 3. The van der Waals surface area contributed by atoms with Crippen LogP contribution in [0.15, 0.2) is 0 Å². The molecule has 3 heteroatoms. The molecule has 3 nitrogen and oxygen atoms in total. The summed E-state index contributed by atoms with van der Waals surface area (Å²) in [7, 11) is 0. The number of aliphatic hydroxyl groups is 3. The maximum atomic E-state index is 9.29. The third kappa shape index (κ3) is 0.944. The van der Waals surface area contributed by atoms with Crippen LogP contribution in [0.5, 0.6) is 0 Å². The van der Waals surface area contributed by atoms with Gasteiger partial charge in [0.05, 0.1) is 18.3 Å². The van der Waals surface area contributed by atoms with E-state index in [4.69, 9.17) is 0 Å². The molecule has 1 aliphatic rings. The summed E-state index contributed by atoms with van der Waals surface area (Å²) in [5.74, 6) is -0.407. The van der Waals surface area contributed by atoms with Crippen molar-refractivity contribution >= 4 is 0 Å². The van der Waals surface area contributed by atoms with Gasteiger partial charge in [-0.2, -0.15) is 0 Å². The van der Waals surface area contributed by atoms with E-state index >= 15 is 0 Å². The van der Waals surface area contributed by atoms with Crippen LogP contribution < -0.4 is 0 Å². The van der Waals surface area contributed by atoms with Gasteiger partial charge in [-0.05, 0) is 0 Å². The van der Waals surface area contributed by atoms with Crippen molar-refractivity contribution in [3.8, 4) is 0 Å². The Kier molecular flexibility index (Phi) is 1.99. The number of hydrogen-bond donors (Lipinski definition) is 3. The Hall–Kier alpha value is -0.120. The highest BCUT2D eigenvalue weighted by Gasteiger charge is 2.43. The van der Waals surface area contributed by atoms with E-state index in [-0.39, 0.29) is 11.8 Å². The Balaban J connectivity index is 2.68. The van der Waals surface area contributed by atoms with Crippen LogP contribution in [0.2, 0.25) is 0 Å². The molecule has 0 spiro atoms. The van der Waals surface area contributed by atoms with Crippen molar-refractivity contribution in [2.45, 2.75) is 32.2 Å². The molecule has 0 aromatic rings. The second-order valence-electron chi connectivity index (χ2n) is 3.19. The molecule has 1 fully saturated rings. The highest BCUT2D eigenvalue weighted by Crippen LogP contribution is 2.31. The van der Waals surface area contributed by atoms with Crippen molar-refractivity contribution in [1.82, 2.24) is 0 Å². The highest BCUT2D eigenvalue weighted by atomic mass is 16.3. The molecule has 0 radical (unpaired) electrons. The maximum absolute atomic E-state index is 9.29. The third-order valence-corrected chi connectivity index (χ3v) is 2.50. The van der Waals surface area contributed by atoms with E-state index in [2.05, 4.69) is 0 Å². The van der Waals surface area contributed by atoms with Gasteiger partial charge in [-0.15, -0.1) is 0 Å². The topological polar surface area (TPSA) is 60.7 Å². The fraction of sp³-hybridized carbons (Fsp3) is 1.00. The fourth-order valence-corrected chi connectivity index (χ4v) is 1.50. The zero-order valence-electron chi connectivity index (χ0n) is 6.23. The summed E-state index contributed by atoms with van der Waals surface area (Å²) >= 11 is 0. The Morgan fingerprint density at radius 3 is 1.10 bits per heavy atom. The van der Waals surface area contributed by atoms with Crippen LogP contribution in [-0.2, 0) is 0 Å². The molecule has 4 unspecified atom stereocenters. The van der Waals surface area contributed by atoms with Crippen molar-refractivity contribution in [2.75, 3.05) is 0 Å². The molecule has 1 rings (SSSR count). The van der Waals surface area contributed by atoms with Gasteiger partial charge in [0.15, 0.2) is 0 Å². The Morgan fingerprint density at radius 1 is 0.700 bits per heavy atom. The fourth-order valence-electron chi connectivity index (χ4n) is 1.50. The molecule has 3 N–H and O–H groups in total. The molecule has 0 aromatic carbocycles. The summed E-state index contributed by atoms with van der Waals surface area (Å²) < 4.78 is 0. The molecule has 60 valence electrons. The molecular formula is C7H14O3. The van der Waals surface area contributed by atoms with E-state index in [0.29, 0.717) is 0 Å². The first kappa shape index (κ1) is 7.98. The first-order valence-corrected chi connectivity index (χ1v) is 3.60. The molecule has 0 bridgehead atoms. The maximum Gasteiger partial charge on any atom is 0.0852 e. The lowest BCUT2D eigenvalue weighted by Crippen LogP contribution is -2.26. The van der Waals surface area contributed by atoms with Crippen LogP contribution in [-0.4, -0.2) is 33.6 Å². The molecule has 1 aliphatic carbocycles. The van der Waals surface area contributed by atoms with Crippen LogP contribution in [0.3, 0.4) is 0 Å². The second kappa shape index (κ2) is 2.49. The summed E-state index contributed by atoms with van der Waals surface area (Å²) in [5, 5.41) is 27.7. The lowest BCUT2D eigenvalue weighted by atomic mass is 10.0. The summed E-state index contributed by atoms with van der Waals surface area (Å²) in [6.45, 7) is 3.48. The van der Waals surface area contributed by atoms with E-state index in [1.54, 1.807) is 13.8 Å². The van der Waals surface area contributed by atoms with Gasteiger partial charge in [0.1, 0.15) is 0 Å². The van der Waals surface area contributed by atoms with Gasteiger partial charge in [0.2, 0.25) is 0 Å². The van der Waals surface area contributed by atoms with E-state index in [1.165, 1.54) is 0 Å². The van der Waals surface area contributed by atoms with Gasteiger partial charge in [0, 0.05) is 11.8 Å². The highest BCUT2D eigenvalue weighted by molar-refractivity contribution is 4.93. The molecule has 0 heterocycles. The predicted molar refractivity (Wildman–Crippen MR) is 36.3 cm³/mol. The van der Waals surface area contributed by atoms with Gasteiger partial charge < -0.3 is 15.3 Å². The van der Waals surface area contributed by atoms with Crippen LogP contribution >= 0.6 is 0 Å². The minimum absolute atomic E-state index is 0.204. The van der Waals surface area contributed by atoms with Crippen LogP contribution in [0, 0.1) is 11.8 Å². The Labute approximate surface area is 60.3 Å². The normalized spacial score (nSPS) is 55.5. The van der Waals surface area contributed by atoms with Crippen LogP contribution in [0.25, 0.3) is 0 Å². The number of aliphatic hydroxyl groups excluding tert-OH is 3. The molecule has 0 aliphatic heterocycles. The average molecular weight is 146 g/mol.